The number of aliphatic hydroxyl groups excluding tert-OH is 1. The van der Waals surface area contributed by atoms with Crippen LogP contribution < -0.4 is 9.47 Å². The van der Waals surface area contributed by atoms with Crippen LogP contribution in [0.3, 0.4) is 0 Å². The Bertz CT molecular complexity index is 1460. The highest BCUT2D eigenvalue weighted by Gasteiger charge is 2.45. The van der Waals surface area contributed by atoms with E-state index in [0.717, 1.165) is 48.6 Å². The lowest BCUT2D eigenvalue weighted by atomic mass is 9.69. The molecule has 0 spiro atoms. The van der Waals surface area contributed by atoms with Crippen LogP contribution in [0.5, 0.6) is 11.5 Å². The van der Waals surface area contributed by atoms with Crippen molar-refractivity contribution in [2.45, 2.75) is 89.3 Å². The minimum atomic E-state index is -0.749. The summed E-state index contributed by atoms with van der Waals surface area (Å²) < 4.78 is 13.9. The predicted molar refractivity (Wildman–Crippen MR) is 162 cm³/mol. The van der Waals surface area contributed by atoms with Gasteiger partial charge in [-0.2, -0.15) is 0 Å². The van der Waals surface area contributed by atoms with E-state index in [1.807, 2.05) is 18.7 Å². The van der Waals surface area contributed by atoms with E-state index >= 15 is 0 Å². The summed E-state index contributed by atoms with van der Waals surface area (Å²) in [6.45, 7) is 8.44. The molecule has 8 nitrogen and oxygen atoms in total. The topological polar surface area (TPSA) is 80.1 Å². The molecule has 3 aromatic rings. The number of aliphatic hydroxyl groups is 1. The fourth-order valence-corrected chi connectivity index (χ4v) is 8.33. The lowest BCUT2D eigenvalue weighted by molar-refractivity contribution is -0.144. The second-order valence-electron chi connectivity index (χ2n) is 13.7. The predicted octanol–water partition coefficient (Wildman–Crippen LogP) is 5.21. The minimum absolute atomic E-state index is 0.0332. The van der Waals surface area contributed by atoms with Crippen molar-refractivity contribution in [2.24, 2.45) is 5.41 Å². The number of hydrogen-bond acceptors (Lipinski definition) is 6. The molecule has 4 aliphatic heterocycles. The zero-order valence-electron chi connectivity index (χ0n) is 25.2. The van der Waals surface area contributed by atoms with Gasteiger partial charge in [-0.3, -0.25) is 9.69 Å². The molecule has 0 saturated carbocycles. The van der Waals surface area contributed by atoms with Gasteiger partial charge in [0.2, 0.25) is 12.7 Å². The van der Waals surface area contributed by atoms with Crippen LogP contribution in [0.25, 0.3) is 11.0 Å². The molecule has 0 radical (unpaired) electrons. The van der Waals surface area contributed by atoms with Crippen LogP contribution in [-0.4, -0.2) is 75.5 Å². The molecule has 3 saturated heterocycles. The Morgan fingerprint density at radius 3 is 2.48 bits per heavy atom. The van der Waals surface area contributed by atoms with Gasteiger partial charge in [-0.1, -0.05) is 18.2 Å². The van der Waals surface area contributed by atoms with Crippen molar-refractivity contribution >= 4 is 16.9 Å². The summed E-state index contributed by atoms with van der Waals surface area (Å²) >= 11 is 0. The van der Waals surface area contributed by atoms with Crippen LogP contribution in [0.1, 0.15) is 76.2 Å². The number of aromatic nitrogens is 2. The van der Waals surface area contributed by atoms with Crippen LogP contribution >= 0.6 is 0 Å². The van der Waals surface area contributed by atoms with Gasteiger partial charge in [0.15, 0.2) is 11.5 Å². The van der Waals surface area contributed by atoms with E-state index in [1.54, 1.807) is 0 Å². The number of aryl methyl sites for hydroxylation is 1. The number of carbonyl (C=O) groups excluding carboxylic acids is 1. The van der Waals surface area contributed by atoms with E-state index in [4.69, 9.17) is 14.5 Å². The number of rotatable bonds is 7. The number of benzene rings is 2. The Morgan fingerprint density at radius 2 is 1.74 bits per heavy atom. The summed E-state index contributed by atoms with van der Waals surface area (Å²) in [6.07, 6.45) is 7.76. The number of carbonyl (C=O) groups is 1. The molecule has 5 heterocycles. The number of fused-ring (bicyclic) bond motifs is 4. The highest BCUT2D eigenvalue weighted by atomic mass is 16.7. The Kier molecular flexibility index (Phi) is 6.97. The number of para-hydroxylation sites is 2. The first-order valence-corrected chi connectivity index (χ1v) is 15.8. The molecular weight excluding hydrogens is 528 g/mol. The summed E-state index contributed by atoms with van der Waals surface area (Å²) in [5.74, 6) is 2.82. The molecule has 3 atom stereocenters. The van der Waals surface area contributed by atoms with Gasteiger partial charge in [0.05, 0.1) is 23.1 Å². The van der Waals surface area contributed by atoms with Crippen LogP contribution in [0.2, 0.25) is 0 Å². The maximum absolute atomic E-state index is 13.2. The standard InChI is InChI=1S/C34H44N4O4/c1-23-35-28-6-4-5-7-29(28)38(23)27-19-25-9-10-26(20-27)37(25)17-14-34(24-8-11-30-31(18-24)42-22-41-30)12-15-36(16-13-34)32(40)33(2,3)21-39/h4-8,11,18,25-27,39H,9-10,12-17,19-22H2,1-3H3/t25-,26+,27+. The zero-order valence-corrected chi connectivity index (χ0v) is 25.2. The van der Waals surface area contributed by atoms with Crippen molar-refractivity contribution in [1.82, 2.24) is 19.4 Å². The molecule has 42 heavy (non-hydrogen) atoms. The van der Waals surface area contributed by atoms with Crippen molar-refractivity contribution in [3.8, 4) is 11.5 Å². The molecule has 2 aromatic carbocycles. The maximum Gasteiger partial charge on any atom is 0.231 e. The quantitative estimate of drug-likeness (QED) is 0.419. The van der Waals surface area contributed by atoms with E-state index in [-0.39, 0.29) is 24.7 Å². The average molecular weight is 573 g/mol. The summed E-state index contributed by atoms with van der Waals surface area (Å²) in [4.78, 5) is 22.8. The zero-order chi connectivity index (χ0) is 29.1. The van der Waals surface area contributed by atoms with Gasteiger partial charge in [0, 0.05) is 36.6 Å². The number of piperidine rings is 2. The summed E-state index contributed by atoms with van der Waals surface area (Å²) in [5, 5.41) is 9.81. The van der Waals surface area contributed by atoms with Crippen molar-refractivity contribution in [3.63, 3.8) is 0 Å². The first-order valence-electron chi connectivity index (χ1n) is 15.8. The van der Waals surface area contributed by atoms with E-state index in [9.17, 15) is 9.90 Å². The fraction of sp³-hybridized carbons (Fsp3) is 0.588. The summed E-state index contributed by atoms with van der Waals surface area (Å²) in [7, 11) is 0. The Morgan fingerprint density at radius 1 is 1.02 bits per heavy atom. The highest BCUT2D eigenvalue weighted by molar-refractivity contribution is 5.82. The SMILES string of the molecule is Cc1nc2ccccc2n1[C@H]1C[C@H]2CC[C@@H](C1)N2CCC1(c2ccc3c(c2)OCO3)CCN(C(=O)C(C)(C)CO)CC1. The van der Waals surface area contributed by atoms with Crippen molar-refractivity contribution in [3.05, 3.63) is 53.9 Å². The Labute approximate surface area is 248 Å². The minimum Gasteiger partial charge on any atom is -0.454 e. The number of amides is 1. The lowest BCUT2D eigenvalue weighted by Crippen LogP contribution is -2.51. The second-order valence-corrected chi connectivity index (χ2v) is 13.7. The highest BCUT2D eigenvalue weighted by Crippen LogP contribution is 2.47. The second kappa shape index (κ2) is 10.6. The van der Waals surface area contributed by atoms with Gasteiger partial charge in [0.25, 0.3) is 0 Å². The molecule has 0 aliphatic carbocycles. The molecule has 7 rings (SSSR count). The summed E-state index contributed by atoms with van der Waals surface area (Å²) in [5.41, 5.74) is 2.88. The van der Waals surface area contributed by atoms with E-state index in [0.29, 0.717) is 31.2 Å². The fourth-order valence-electron chi connectivity index (χ4n) is 8.33. The molecule has 2 bridgehead atoms. The van der Waals surface area contributed by atoms with Crippen LogP contribution in [0.15, 0.2) is 42.5 Å². The monoisotopic (exact) mass is 572 g/mol. The third-order valence-corrected chi connectivity index (χ3v) is 10.8. The van der Waals surface area contributed by atoms with Crippen LogP contribution in [0.4, 0.5) is 0 Å². The Hall–Kier alpha value is -3.10. The smallest absolute Gasteiger partial charge is 0.231 e. The molecule has 224 valence electrons. The van der Waals surface area contributed by atoms with Gasteiger partial charge < -0.3 is 24.0 Å². The molecule has 1 aromatic heterocycles. The first-order chi connectivity index (χ1) is 20.3. The largest absolute Gasteiger partial charge is 0.454 e. The van der Waals surface area contributed by atoms with Crippen molar-refractivity contribution in [2.75, 3.05) is 33.0 Å². The lowest BCUT2D eigenvalue weighted by Gasteiger charge is -2.46. The van der Waals surface area contributed by atoms with Gasteiger partial charge in [-0.25, -0.2) is 4.98 Å². The number of hydrogen-bond donors (Lipinski definition) is 1. The van der Waals surface area contributed by atoms with E-state index in [2.05, 4.69) is 58.9 Å². The maximum atomic E-state index is 13.2. The number of imidazole rings is 1. The van der Waals surface area contributed by atoms with Gasteiger partial charge in [-0.15, -0.1) is 0 Å². The van der Waals surface area contributed by atoms with Crippen molar-refractivity contribution < 1.29 is 19.4 Å². The van der Waals surface area contributed by atoms with E-state index in [1.165, 1.54) is 36.8 Å². The molecule has 3 fully saturated rings. The molecule has 1 N–H and O–H groups in total. The van der Waals surface area contributed by atoms with Crippen LogP contribution in [-0.2, 0) is 10.2 Å². The molecular formula is C34H44N4O4. The van der Waals surface area contributed by atoms with Gasteiger partial charge in [0.1, 0.15) is 5.82 Å². The molecule has 8 heteroatoms. The molecule has 1 amide bonds. The first kappa shape index (κ1) is 27.7. The van der Waals surface area contributed by atoms with E-state index < -0.39 is 5.41 Å². The number of ether oxygens (including phenoxy) is 2. The van der Waals surface area contributed by atoms with Gasteiger partial charge >= 0.3 is 0 Å². The molecule has 0 unspecified atom stereocenters. The summed E-state index contributed by atoms with van der Waals surface area (Å²) in [6, 6.07) is 16.7. The van der Waals surface area contributed by atoms with Crippen molar-refractivity contribution in [1.29, 1.82) is 0 Å². The third-order valence-electron chi connectivity index (χ3n) is 10.8. The average Bonchev–Trinajstić information content (AvgIpc) is 3.68. The third kappa shape index (κ3) is 4.67. The Balaban J connectivity index is 1.10. The number of nitrogens with zero attached hydrogens (tertiary/aromatic N) is 4. The molecule has 4 aliphatic rings. The van der Waals surface area contributed by atoms with Crippen LogP contribution in [0, 0.1) is 12.3 Å². The van der Waals surface area contributed by atoms with Gasteiger partial charge in [-0.05, 0) is 102 Å². The normalized spacial score (nSPS) is 25.3. The number of likely N-dealkylation sites (tertiary alicyclic amines) is 1.